The Balaban J connectivity index is 1.83. The molecule has 2 rings (SSSR count). The van der Waals surface area contributed by atoms with Gasteiger partial charge in [0.2, 0.25) is 0 Å². The van der Waals surface area contributed by atoms with Crippen molar-refractivity contribution >= 4 is 12.2 Å². The minimum absolute atomic E-state index is 0.00708. The van der Waals surface area contributed by atoms with Crippen LogP contribution in [0.25, 0.3) is 0 Å². The van der Waals surface area contributed by atoms with Crippen molar-refractivity contribution in [2.45, 2.75) is 39.2 Å². The Bertz CT molecular complexity index is 570. The molecule has 7 heteroatoms. The molecule has 7 nitrogen and oxygen atoms in total. The van der Waals surface area contributed by atoms with Gasteiger partial charge in [-0.2, -0.15) is 0 Å². The summed E-state index contributed by atoms with van der Waals surface area (Å²) >= 11 is 0. The number of carbonyl (C=O) groups excluding carboxylic acids is 2. The van der Waals surface area contributed by atoms with Crippen LogP contribution in [0.4, 0.5) is 9.59 Å². The predicted molar refractivity (Wildman–Crippen MR) is 87.1 cm³/mol. The van der Waals surface area contributed by atoms with E-state index >= 15 is 0 Å². The van der Waals surface area contributed by atoms with Crippen molar-refractivity contribution in [1.82, 2.24) is 9.80 Å². The first-order chi connectivity index (χ1) is 11.3. The quantitative estimate of drug-likeness (QED) is 0.895. The van der Waals surface area contributed by atoms with E-state index in [1.54, 1.807) is 20.8 Å². The summed E-state index contributed by atoms with van der Waals surface area (Å²) in [6, 6.07) is 9.35. The van der Waals surface area contributed by atoms with Crippen LogP contribution >= 0.6 is 0 Å². The van der Waals surface area contributed by atoms with Crippen molar-refractivity contribution < 1.29 is 24.2 Å². The zero-order valence-electron chi connectivity index (χ0n) is 14.3. The van der Waals surface area contributed by atoms with Crippen LogP contribution in [0.15, 0.2) is 30.3 Å². The molecule has 1 atom stereocenters. The summed E-state index contributed by atoms with van der Waals surface area (Å²) in [6.07, 6.45) is -2.22. The molecule has 1 aliphatic rings. The number of ether oxygens (including phenoxy) is 2. The van der Waals surface area contributed by atoms with E-state index in [0.717, 1.165) is 5.56 Å². The topological polar surface area (TPSA) is 79.3 Å². The lowest BCUT2D eigenvalue weighted by molar-refractivity contribution is -0.0633. The van der Waals surface area contributed by atoms with Gasteiger partial charge in [-0.1, -0.05) is 30.3 Å². The van der Waals surface area contributed by atoms with Crippen LogP contribution in [-0.4, -0.2) is 58.6 Å². The first-order valence-electron chi connectivity index (χ1n) is 7.89. The fraction of sp³-hybridized carbons (Fsp3) is 0.529. The Morgan fingerprint density at radius 3 is 2.42 bits per heavy atom. The molecule has 1 aliphatic heterocycles. The van der Waals surface area contributed by atoms with Gasteiger partial charge in [-0.25, -0.2) is 9.59 Å². The maximum atomic E-state index is 12.1. The summed E-state index contributed by atoms with van der Waals surface area (Å²) in [7, 11) is 0. The lowest BCUT2D eigenvalue weighted by atomic mass is 10.2. The molecule has 0 radical (unpaired) electrons. The minimum Gasteiger partial charge on any atom is -0.445 e. The molecule has 1 aromatic rings. The van der Waals surface area contributed by atoms with Crippen molar-refractivity contribution in [2.24, 2.45) is 0 Å². The molecule has 0 bridgehead atoms. The third kappa shape index (κ3) is 5.13. The molecule has 0 aromatic heterocycles. The van der Waals surface area contributed by atoms with Crippen molar-refractivity contribution in [3.8, 4) is 0 Å². The number of aliphatic hydroxyl groups is 1. The molecule has 1 N–H and O–H groups in total. The molecule has 132 valence electrons. The van der Waals surface area contributed by atoms with Crippen molar-refractivity contribution in [3.05, 3.63) is 35.9 Å². The van der Waals surface area contributed by atoms with E-state index < -0.39 is 24.0 Å². The number of amides is 2. The molecule has 24 heavy (non-hydrogen) atoms. The standard InChI is InChI=1S/C17H24N2O5/c1-17(2,3)24-16(22)19-10-9-18(11-14(19)20)15(21)23-12-13-7-5-4-6-8-13/h4-8,14,20H,9-12H2,1-3H3. The van der Waals surface area contributed by atoms with Gasteiger partial charge in [0.25, 0.3) is 0 Å². The fourth-order valence-electron chi connectivity index (χ4n) is 2.27. The van der Waals surface area contributed by atoms with Crippen molar-refractivity contribution in [2.75, 3.05) is 19.6 Å². The number of carbonyl (C=O) groups is 2. The Kier molecular flexibility index (Phi) is 5.66. The van der Waals surface area contributed by atoms with Gasteiger partial charge in [-0.3, -0.25) is 4.90 Å². The number of hydrogen-bond donors (Lipinski definition) is 1. The largest absolute Gasteiger partial charge is 0.445 e. The van der Waals surface area contributed by atoms with Crippen molar-refractivity contribution in [1.29, 1.82) is 0 Å². The first-order valence-corrected chi connectivity index (χ1v) is 7.89. The van der Waals surface area contributed by atoms with E-state index in [4.69, 9.17) is 9.47 Å². The summed E-state index contributed by atoms with van der Waals surface area (Å²) in [5.41, 5.74) is 0.251. The van der Waals surface area contributed by atoms with Gasteiger partial charge >= 0.3 is 12.2 Å². The average Bonchev–Trinajstić information content (AvgIpc) is 2.51. The number of β-amino-alcohol motifs (C(OH)–C–C–N with tert-alkyl or cyclic N) is 1. The highest BCUT2D eigenvalue weighted by atomic mass is 16.6. The van der Waals surface area contributed by atoms with Crippen LogP contribution in [0, 0.1) is 0 Å². The molecule has 1 heterocycles. The SMILES string of the molecule is CC(C)(C)OC(=O)N1CCN(C(=O)OCc2ccccc2)CC1O. The predicted octanol–water partition coefficient (Wildman–Crippen LogP) is 2.19. The second-order valence-electron chi connectivity index (χ2n) is 6.64. The van der Waals surface area contributed by atoms with Gasteiger partial charge in [-0.15, -0.1) is 0 Å². The zero-order chi connectivity index (χ0) is 17.7. The summed E-state index contributed by atoms with van der Waals surface area (Å²) < 4.78 is 10.5. The lowest BCUT2D eigenvalue weighted by Crippen LogP contribution is -2.57. The number of rotatable bonds is 2. The number of nitrogens with zero attached hydrogens (tertiary/aromatic N) is 2. The van der Waals surface area contributed by atoms with Crippen molar-refractivity contribution in [3.63, 3.8) is 0 Å². The molecule has 0 aliphatic carbocycles. The summed E-state index contributed by atoms with van der Waals surface area (Å²) in [5, 5.41) is 10.1. The van der Waals surface area contributed by atoms with Crippen LogP contribution < -0.4 is 0 Å². The summed E-state index contributed by atoms with van der Waals surface area (Å²) in [4.78, 5) is 26.7. The van der Waals surface area contributed by atoms with Crippen LogP contribution in [-0.2, 0) is 16.1 Å². The number of aliphatic hydroxyl groups excluding tert-OH is 1. The van der Waals surface area contributed by atoms with Crippen LogP contribution in [0.3, 0.4) is 0 Å². The first kappa shape index (κ1) is 18.1. The highest BCUT2D eigenvalue weighted by Gasteiger charge is 2.34. The Labute approximate surface area is 141 Å². The van der Waals surface area contributed by atoms with E-state index in [-0.39, 0.29) is 26.2 Å². The number of piperazine rings is 1. The zero-order valence-corrected chi connectivity index (χ0v) is 14.3. The third-order valence-corrected chi connectivity index (χ3v) is 3.45. The molecule has 1 aromatic carbocycles. The van der Waals surface area contributed by atoms with Gasteiger partial charge in [0.1, 0.15) is 18.4 Å². The summed E-state index contributed by atoms with van der Waals surface area (Å²) in [6.45, 7) is 5.91. The van der Waals surface area contributed by atoms with E-state index in [9.17, 15) is 14.7 Å². The highest BCUT2D eigenvalue weighted by Crippen LogP contribution is 2.15. The smallest absolute Gasteiger partial charge is 0.412 e. The Morgan fingerprint density at radius 1 is 1.17 bits per heavy atom. The number of benzene rings is 1. The van der Waals surface area contributed by atoms with Crippen LogP contribution in [0.2, 0.25) is 0 Å². The van der Waals surface area contributed by atoms with E-state index in [2.05, 4.69) is 0 Å². The lowest BCUT2D eigenvalue weighted by Gasteiger charge is -2.38. The molecule has 0 spiro atoms. The Hall–Kier alpha value is -2.28. The fourth-order valence-corrected chi connectivity index (χ4v) is 2.27. The van der Waals surface area contributed by atoms with E-state index in [0.29, 0.717) is 0 Å². The van der Waals surface area contributed by atoms with Gasteiger partial charge in [0, 0.05) is 13.1 Å². The minimum atomic E-state index is -1.11. The second-order valence-corrected chi connectivity index (χ2v) is 6.64. The third-order valence-electron chi connectivity index (χ3n) is 3.45. The summed E-state index contributed by atoms with van der Waals surface area (Å²) in [5.74, 6) is 0. The maximum absolute atomic E-state index is 12.1. The highest BCUT2D eigenvalue weighted by molar-refractivity contribution is 5.70. The van der Waals surface area contributed by atoms with E-state index in [1.165, 1.54) is 9.80 Å². The van der Waals surface area contributed by atoms with Crippen LogP contribution in [0.1, 0.15) is 26.3 Å². The molecular weight excluding hydrogens is 312 g/mol. The normalized spacial score (nSPS) is 18.2. The second kappa shape index (κ2) is 7.53. The molecule has 1 fully saturated rings. The van der Waals surface area contributed by atoms with E-state index in [1.807, 2.05) is 30.3 Å². The van der Waals surface area contributed by atoms with Gasteiger partial charge in [-0.05, 0) is 26.3 Å². The average molecular weight is 336 g/mol. The molecule has 1 unspecified atom stereocenters. The van der Waals surface area contributed by atoms with Crippen LogP contribution in [0.5, 0.6) is 0 Å². The van der Waals surface area contributed by atoms with Gasteiger partial charge < -0.3 is 19.5 Å². The molecular formula is C17H24N2O5. The molecule has 1 saturated heterocycles. The number of hydrogen-bond acceptors (Lipinski definition) is 5. The molecule has 0 saturated carbocycles. The Morgan fingerprint density at radius 2 is 1.83 bits per heavy atom. The maximum Gasteiger partial charge on any atom is 0.412 e. The monoisotopic (exact) mass is 336 g/mol. The van der Waals surface area contributed by atoms with Gasteiger partial charge in [0.15, 0.2) is 0 Å². The van der Waals surface area contributed by atoms with Gasteiger partial charge in [0.05, 0.1) is 6.54 Å². The molecule has 2 amide bonds.